The lowest BCUT2D eigenvalue weighted by Crippen LogP contribution is -2.46. The highest BCUT2D eigenvalue weighted by molar-refractivity contribution is 5.91. The number of benzene rings is 1. The smallest absolute Gasteiger partial charge is 0.374 e. The van der Waals surface area contributed by atoms with Crippen molar-refractivity contribution in [3.63, 3.8) is 0 Å². The number of furan rings is 1. The van der Waals surface area contributed by atoms with Gasteiger partial charge in [-0.05, 0) is 38.1 Å². The van der Waals surface area contributed by atoms with Crippen molar-refractivity contribution >= 4 is 23.5 Å². The minimum Gasteiger partial charge on any atom is -0.450 e. The van der Waals surface area contributed by atoms with Crippen LogP contribution in [-0.4, -0.2) is 41.9 Å². The monoisotopic (exact) mass is 389 g/mol. The molecule has 0 aliphatic carbocycles. The normalized spacial score (nSPS) is 11.4. The molecule has 2 amide bonds. The average molecular weight is 389 g/mol. The standard InChI is InChI=1S/C18H19N3O7/c1-3-19-17(23)11(2)20-16(22)10-27-18(24)15-9-8-14(28-15)12-4-6-13(7-5-12)21(25)26/h4-9,11H,3,10H2,1-2H3,(H,19,23)(H,20,22)/t11-/m1/s1. The van der Waals surface area contributed by atoms with Crippen LogP contribution in [0.3, 0.4) is 0 Å². The summed E-state index contributed by atoms with van der Waals surface area (Å²) >= 11 is 0. The van der Waals surface area contributed by atoms with E-state index in [1.807, 2.05) is 0 Å². The van der Waals surface area contributed by atoms with Gasteiger partial charge in [0.25, 0.3) is 11.6 Å². The van der Waals surface area contributed by atoms with Crippen LogP contribution >= 0.6 is 0 Å². The zero-order chi connectivity index (χ0) is 20.7. The zero-order valence-corrected chi connectivity index (χ0v) is 15.3. The van der Waals surface area contributed by atoms with Crippen LogP contribution in [0.15, 0.2) is 40.8 Å². The molecular formula is C18H19N3O7. The van der Waals surface area contributed by atoms with Gasteiger partial charge in [0.05, 0.1) is 4.92 Å². The molecule has 2 rings (SSSR count). The second kappa shape index (κ2) is 9.31. The number of nitro benzene ring substituents is 1. The van der Waals surface area contributed by atoms with Gasteiger partial charge in [-0.25, -0.2) is 4.79 Å². The van der Waals surface area contributed by atoms with Gasteiger partial charge in [0.2, 0.25) is 11.7 Å². The third kappa shape index (κ3) is 5.40. The minimum atomic E-state index is -0.853. The van der Waals surface area contributed by atoms with Crippen LogP contribution in [0.1, 0.15) is 24.4 Å². The van der Waals surface area contributed by atoms with Gasteiger partial charge in [-0.15, -0.1) is 0 Å². The van der Waals surface area contributed by atoms with E-state index in [9.17, 15) is 24.5 Å². The van der Waals surface area contributed by atoms with Gasteiger partial charge < -0.3 is 19.8 Å². The molecule has 2 N–H and O–H groups in total. The molecule has 10 heteroatoms. The van der Waals surface area contributed by atoms with Crippen molar-refractivity contribution in [1.82, 2.24) is 10.6 Å². The predicted octanol–water partition coefficient (Wildman–Crippen LogP) is 1.65. The Morgan fingerprint density at radius 1 is 1.18 bits per heavy atom. The maximum absolute atomic E-state index is 12.0. The fourth-order valence-corrected chi connectivity index (χ4v) is 2.23. The summed E-state index contributed by atoms with van der Waals surface area (Å²) in [6, 6.07) is 7.73. The van der Waals surface area contributed by atoms with E-state index in [0.29, 0.717) is 17.9 Å². The first-order valence-corrected chi connectivity index (χ1v) is 8.40. The summed E-state index contributed by atoms with van der Waals surface area (Å²) in [4.78, 5) is 45.5. The van der Waals surface area contributed by atoms with Crippen LogP contribution in [0.4, 0.5) is 5.69 Å². The topological polar surface area (TPSA) is 141 Å². The van der Waals surface area contributed by atoms with Crippen LogP contribution in [0.5, 0.6) is 0 Å². The number of hydrogen-bond donors (Lipinski definition) is 2. The lowest BCUT2D eigenvalue weighted by atomic mass is 10.1. The number of carbonyl (C=O) groups excluding carboxylic acids is 3. The number of hydrogen-bond acceptors (Lipinski definition) is 7. The number of ether oxygens (including phenoxy) is 1. The molecule has 1 aromatic carbocycles. The first kappa shape index (κ1) is 20.6. The maximum Gasteiger partial charge on any atom is 0.374 e. The lowest BCUT2D eigenvalue weighted by Gasteiger charge is -2.13. The maximum atomic E-state index is 12.0. The molecule has 1 atom stereocenters. The molecule has 148 valence electrons. The molecule has 0 saturated heterocycles. The highest BCUT2D eigenvalue weighted by Crippen LogP contribution is 2.24. The van der Waals surface area contributed by atoms with Crippen molar-refractivity contribution in [3.8, 4) is 11.3 Å². The molecule has 0 aliphatic heterocycles. The Kier molecular flexibility index (Phi) is 6.85. The molecule has 0 spiro atoms. The Hall–Kier alpha value is -3.69. The molecule has 1 heterocycles. The summed E-state index contributed by atoms with van der Waals surface area (Å²) in [5, 5.41) is 15.6. The third-order valence-corrected chi connectivity index (χ3v) is 3.63. The predicted molar refractivity (Wildman–Crippen MR) is 97.4 cm³/mol. The van der Waals surface area contributed by atoms with Crippen LogP contribution in [0, 0.1) is 10.1 Å². The Morgan fingerprint density at radius 3 is 2.46 bits per heavy atom. The van der Waals surface area contributed by atoms with E-state index in [0.717, 1.165) is 0 Å². The summed E-state index contributed by atoms with van der Waals surface area (Å²) in [5.74, 6) is -1.64. The second-order valence-corrected chi connectivity index (χ2v) is 5.73. The molecule has 1 aromatic heterocycles. The molecule has 0 bridgehead atoms. The first-order chi connectivity index (χ1) is 13.3. The minimum absolute atomic E-state index is 0.0669. The molecule has 28 heavy (non-hydrogen) atoms. The fourth-order valence-electron chi connectivity index (χ4n) is 2.23. The number of carbonyl (C=O) groups is 3. The Labute approximate surface area is 160 Å². The quantitative estimate of drug-likeness (QED) is 0.397. The summed E-state index contributed by atoms with van der Waals surface area (Å²) < 4.78 is 10.2. The van der Waals surface area contributed by atoms with E-state index < -0.39 is 29.4 Å². The Balaban J connectivity index is 1.91. The molecule has 0 unspecified atom stereocenters. The lowest BCUT2D eigenvalue weighted by molar-refractivity contribution is -0.384. The highest BCUT2D eigenvalue weighted by atomic mass is 16.6. The van der Waals surface area contributed by atoms with Gasteiger partial charge in [0, 0.05) is 24.2 Å². The van der Waals surface area contributed by atoms with Crippen molar-refractivity contribution in [2.45, 2.75) is 19.9 Å². The number of nitrogens with zero attached hydrogens (tertiary/aromatic N) is 1. The summed E-state index contributed by atoms with van der Waals surface area (Å²) in [5.41, 5.74) is 0.473. The number of nitrogens with one attached hydrogen (secondary N) is 2. The van der Waals surface area contributed by atoms with Gasteiger partial charge in [-0.3, -0.25) is 19.7 Å². The molecule has 2 aromatic rings. The number of nitro groups is 1. The number of non-ortho nitro benzene ring substituents is 1. The molecule has 0 radical (unpaired) electrons. The summed E-state index contributed by atoms with van der Waals surface area (Å²) in [7, 11) is 0. The summed E-state index contributed by atoms with van der Waals surface area (Å²) in [6.45, 7) is 3.12. The highest BCUT2D eigenvalue weighted by Gasteiger charge is 2.18. The molecule has 0 aliphatic rings. The summed E-state index contributed by atoms with van der Waals surface area (Å²) in [6.07, 6.45) is 0. The zero-order valence-electron chi connectivity index (χ0n) is 15.3. The average Bonchev–Trinajstić information content (AvgIpc) is 3.16. The van der Waals surface area contributed by atoms with E-state index in [-0.39, 0.29) is 17.4 Å². The Bertz CT molecular complexity index is 874. The van der Waals surface area contributed by atoms with E-state index in [2.05, 4.69) is 10.6 Å². The van der Waals surface area contributed by atoms with Gasteiger partial charge in [-0.1, -0.05) is 0 Å². The number of esters is 1. The van der Waals surface area contributed by atoms with E-state index in [1.165, 1.54) is 43.3 Å². The van der Waals surface area contributed by atoms with Crippen LogP contribution < -0.4 is 10.6 Å². The van der Waals surface area contributed by atoms with Gasteiger partial charge in [0.15, 0.2) is 6.61 Å². The molecule has 0 fully saturated rings. The van der Waals surface area contributed by atoms with Crippen molar-refractivity contribution in [2.24, 2.45) is 0 Å². The van der Waals surface area contributed by atoms with E-state index >= 15 is 0 Å². The molecule has 10 nitrogen and oxygen atoms in total. The van der Waals surface area contributed by atoms with Crippen LogP contribution in [-0.2, 0) is 14.3 Å². The Morgan fingerprint density at radius 2 is 1.86 bits per heavy atom. The molecule has 0 saturated carbocycles. The number of likely N-dealkylation sites (N-methyl/N-ethyl adjacent to an activating group) is 1. The third-order valence-electron chi connectivity index (χ3n) is 3.63. The van der Waals surface area contributed by atoms with Crippen LogP contribution in [0.2, 0.25) is 0 Å². The van der Waals surface area contributed by atoms with E-state index in [1.54, 1.807) is 6.92 Å². The van der Waals surface area contributed by atoms with Crippen molar-refractivity contribution in [1.29, 1.82) is 0 Å². The van der Waals surface area contributed by atoms with Gasteiger partial charge in [0.1, 0.15) is 11.8 Å². The van der Waals surface area contributed by atoms with E-state index in [4.69, 9.17) is 9.15 Å². The van der Waals surface area contributed by atoms with Gasteiger partial charge >= 0.3 is 5.97 Å². The molecular weight excluding hydrogens is 370 g/mol. The van der Waals surface area contributed by atoms with Crippen molar-refractivity contribution in [3.05, 3.63) is 52.3 Å². The van der Waals surface area contributed by atoms with Crippen LogP contribution in [0.25, 0.3) is 11.3 Å². The largest absolute Gasteiger partial charge is 0.450 e. The number of amides is 2. The van der Waals surface area contributed by atoms with Crippen molar-refractivity contribution in [2.75, 3.05) is 13.2 Å². The second-order valence-electron chi connectivity index (χ2n) is 5.73. The van der Waals surface area contributed by atoms with Crippen molar-refractivity contribution < 1.29 is 28.5 Å². The fraction of sp³-hybridized carbons (Fsp3) is 0.278. The van der Waals surface area contributed by atoms with Gasteiger partial charge in [-0.2, -0.15) is 0 Å². The first-order valence-electron chi connectivity index (χ1n) is 8.40. The SMILES string of the molecule is CCNC(=O)[C@@H](C)NC(=O)COC(=O)c1ccc(-c2ccc([N+](=O)[O-])cc2)o1. The number of rotatable bonds is 8.